The average Bonchev–Trinajstić information content (AvgIpc) is 2.94. The number of carbonyl (C=O) groups excluding carboxylic acids is 1. The lowest BCUT2D eigenvalue weighted by Crippen LogP contribution is -2.33. The molecule has 8 heteroatoms. The molecule has 22 heavy (non-hydrogen) atoms. The molecule has 1 atom stereocenters. The molecule has 0 bridgehead atoms. The summed E-state index contributed by atoms with van der Waals surface area (Å²) in [6.07, 6.45) is -0.289. The second kappa shape index (κ2) is 8.67. The topological polar surface area (TPSA) is 77.2 Å². The first kappa shape index (κ1) is 18.3. The van der Waals surface area contributed by atoms with Gasteiger partial charge < -0.3 is 15.8 Å². The molecule has 0 aliphatic heterocycles. The molecule has 0 saturated carbocycles. The number of halogens is 2. The number of nitrogens with one attached hydrogen (secondary N) is 1. The van der Waals surface area contributed by atoms with Crippen molar-refractivity contribution >= 4 is 29.7 Å². The van der Waals surface area contributed by atoms with Crippen LogP contribution in [0.25, 0.3) is 0 Å². The highest BCUT2D eigenvalue weighted by Gasteiger charge is 2.12. The van der Waals surface area contributed by atoms with Gasteiger partial charge in [-0.1, -0.05) is 6.07 Å². The van der Waals surface area contributed by atoms with Crippen molar-refractivity contribution in [3.63, 3.8) is 0 Å². The van der Waals surface area contributed by atoms with Gasteiger partial charge in [0, 0.05) is 18.0 Å². The van der Waals surface area contributed by atoms with Crippen LogP contribution < -0.4 is 15.8 Å². The Labute approximate surface area is 138 Å². The van der Waals surface area contributed by atoms with E-state index in [0.29, 0.717) is 29.5 Å². The maximum atomic E-state index is 13.0. The molecule has 1 amide bonds. The lowest BCUT2D eigenvalue weighted by atomic mass is 10.3. The van der Waals surface area contributed by atoms with Crippen LogP contribution in [-0.4, -0.2) is 23.5 Å². The van der Waals surface area contributed by atoms with E-state index in [4.69, 9.17) is 10.5 Å². The zero-order valence-corrected chi connectivity index (χ0v) is 13.5. The lowest BCUT2D eigenvalue weighted by molar-refractivity contribution is 0.0927. The molecule has 0 aliphatic carbocycles. The number of hydrogen-bond acceptors (Lipinski definition) is 5. The molecule has 1 unspecified atom stereocenters. The van der Waals surface area contributed by atoms with Crippen molar-refractivity contribution in [2.75, 3.05) is 6.54 Å². The standard InChI is InChI=1S/C14H16FN3O2S.ClH/c1-9(20-11-4-2-3-10(15)5-11)7-17-14(19)12-8-21-13(6-16)18-12;/h2-5,8-9H,6-7,16H2,1H3,(H,17,19);1H. The lowest BCUT2D eigenvalue weighted by Gasteiger charge is -2.15. The van der Waals surface area contributed by atoms with Crippen LogP contribution in [0.3, 0.4) is 0 Å². The summed E-state index contributed by atoms with van der Waals surface area (Å²) in [6, 6.07) is 5.87. The predicted molar refractivity (Wildman–Crippen MR) is 86.1 cm³/mol. The van der Waals surface area contributed by atoms with Crippen LogP contribution in [0.4, 0.5) is 4.39 Å². The summed E-state index contributed by atoms with van der Waals surface area (Å²) < 4.78 is 18.5. The first-order valence-corrected chi connectivity index (χ1v) is 7.31. The summed E-state index contributed by atoms with van der Waals surface area (Å²) >= 11 is 1.35. The van der Waals surface area contributed by atoms with E-state index in [9.17, 15) is 9.18 Å². The number of amides is 1. The van der Waals surface area contributed by atoms with E-state index < -0.39 is 0 Å². The Bertz CT molecular complexity index is 624. The molecule has 0 radical (unpaired) electrons. The van der Waals surface area contributed by atoms with E-state index in [2.05, 4.69) is 10.3 Å². The SMILES string of the molecule is CC(CNC(=O)c1csc(CN)n1)Oc1cccc(F)c1.Cl. The highest BCUT2D eigenvalue weighted by atomic mass is 35.5. The summed E-state index contributed by atoms with van der Waals surface area (Å²) in [6.45, 7) is 2.40. The minimum atomic E-state index is -0.361. The molecule has 2 rings (SSSR count). The Morgan fingerprint density at radius 3 is 2.95 bits per heavy atom. The Morgan fingerprint density at radius 2 is 2.32 bits per heavy atom. The van der Waals surface area contributed by atoms with Gasteiger partial charge in [0.25, 0.3) is 5.91 Å². The van der Waals surface area contributed by atoms with Gasteiger partial charge in [-0.25, -0.2) is 9.37 Å². The molecule has 0 aliphatic rings. The van der Waals surface area contributed by atoms with E-state index >= 15 is 0 Å². The number of ether oxygens (including phenoxy) is 1. The Hall–Kier alpha value is -1.70. The summed E-state index contributed by atoms with van der Waals surface area (Å²) in [5.41, 5.74) is 5.79. The fourth-order valence-corrected chi connectivity index (χ4v) is 2.30. The predicted octanol–water partition coefficient (Wildman–Crippen LogP) is 2.36. The molecule has 1 aromatic carbocycles. The summed E-state index contributed by atoms with van der Waals surface area (Å²) in [5.74, 6) is -0.211. The second-order valence-electron chi connectivity index (χ2n) is 4.43. The van der Waals surface area contributed by atoms with Crippen molar-refractivity contribution in [2.24, 2.45) is 5.73 Å². The molecule has 0 spiro atoms. The zero-order valence-electron chi connectivity index (χ0n) is 11.9. The van der Waals surface area contributed by atoms with Crippen LogP contribution in [0.1, 0.15) is 22.4 Å². The third kappa shape index (κ3) is 5.25. The smallest absolute Gasteiger partial charge is 0.270 e. The summed E-state index contributed by atoms with van der Waals surface area (Å²) in [5, 5.41) is 5.09. The summed E-state index contributed by atoms with van der Waals surface area (Å²) in [4.78, 5) is 16.0. The van der Waals surface area contributed by atoms with Gasteiger partial charge in [0.1, 0.15) is 28.4 Å². The van der Waals surface area contributed by atoms with Crippen molar-refractivity contribution in [1.82, 2.24) is 10.3 Å². The molecular formula is C14H17ClFN3O2S. The third-order valence-electron chi connectivity index (χ3n) is 2.64. The van der Waals surface area contributed by atoms with E-state index in [1.54, 1.807) is 24.4 Å². The molecular weight excluding hydrogens is 329 g/mol. The van der Waals surface area contributed by atoms with Gasteiger partial charge >= 0.3 is 0 Å². The molecule has 1 aromatic heterocycles. The van der Waals surface area contributed by atoms with Gasteiger partial charge in [-0.05, 0) is 19.1 Å². The van der Waals surface area contributed by atoms with E-state index in [-0.39, 0.29) is 30.2 Å². The van der Waals surface area contributed by atoms with Gasteiger partial charge in [-0.3, -0.25) is 4.79 Å². The Kier molecular flexibility index (Phi) is 7.23. The normalized spacial score (nSPS) is 11.4. The molecule has 5 nitrogen and oxygen atoms in total. The molecule has 2 aromatic rings. The first-order valence-electron chi connectivity index (χ1n) is 6.43. The van der Waals surface area contributed by atoms with Crippen LogP contribution >= 0.6 is 23.7 Å². The minimum absolute atomic E-state index is 0. The minimum Gasteiger partial charge on any atom is -0.489 e. The highest BCUT2D eigenvalue weighted by Crippen LogP contribution is 2.13. The van der Waals surface area contributed by atoms with Gasteiger partial charge in [0.15, 0.2) is 0 Å². The fraction of sp³-hybridized carbons (Fsp3) is 0.286. The number of nitrogens with two attached hydrogens (primary N) is 1. The summed E-state index contributed by atoms with van der Waals surface area (Å²) in [7, 11) is 0. The van der Waals surface area contributed by atoms with E-state index in [1.165, 1.54) is 23.5 Å². The molecule has 0 saturated heterocycles. The number of thiazole rings is 1. The number of benzene rings is 1. The number of rotatable bonds is 6. The van der Waals surface area contributed by atoms with Crippen molar-refractivity contribution in [3.8, 4) is 5.75 Å². The molecule has 120 valence electrons. The number of nitrogens with zero attached hydrogens (tertiary/aromatic N) is 1. The molecule has 0 fully saturated rings. The van der Waals surface area contributed by atoms with Gasteiger partial charge in [0.05, 0.1) is 6.54 Å². The highest BCUT2D eigenvalue weighted by molar-refractivity contribution is 7.09. The van der Waals surface area contributed by atoms with Crippen molar-refractivity contribution in [2.45, 2.75) is 19.6 Å². The molecule has 1 heterocycles. The number of aromatic nitrogens is 1. The van der Waals surface area contributed by atoms with Crippen LogP contribution in [0.2, 0.25) is 0 Å². The largest absolute Gasteiger partial charge is 0.489 e. The monoisotopic (exact) mass is 345 g/mol. The Balaban J connectivity index is 0.00000242. The molecule has 3 N–H and O–H groups in total. The van der Waals surface area contributed by atoms with Gasteiger partial charge in [-0.15, -0.1) is 23.7 Å². The maximum absolute atomic E-state index is 13.0. The fourth-order valence-electron chi connectivity index (χ4n) is 1.65. The average molecular weight is 346 g/mol. The first-order chi connectivity index (χ1) is 10.1. The van der Waals surface area contributed by atoms with Crippen molar-refractivity contribution in [3.05, 3.63) is 46.2 Å². The van der Waals surface area contributed by atoms with Crippen molar-refractivity contribution < 1.29 is 13.9 Å². The van der Waals surface area contributed by atoms with E-state index in [1.807, 2.05) is 0 Å². The van der Waals surface area contributed by atoms with Gasteiger partial charge in [0.2, 0.25) is 0 Å². The third-order valence-corrected chi connectivity index (χ3v) is 3.51. The van der Waals surface area contributed by atoms with Crippen LogP contribution in [0, 0.1) is 5.82 Å². The van der Waals surface area contributed by atoms with E-state index in [0.717, 1.165) is 0 Å². The quantitative estimate of drug-likeness (QED) is 0.842. The van der Waals surface area contributed by atoms with Crippen LogP contribution in [-0.2, 0) is 6.54 Å². The van der Waals surface area contributed by atoms with Gasteiger partial charge in [-0.2, -0.15) is 0 Å². The Morgan fingerprint density at radius 1 is 1.55 bits per heavy atom. The maximum Gasteiger partial charge on any atom is 0.270 e. The second-order valence-corrected chi connectivity index (χ2v) is 5.37. The van der Waals surface area contributed by atoms with Crippen LogP contribution in [0.5, 0.6) is 5.75 Å². The van der Waals surface area contributed by atoms with Crippen LogP contribution in [0.15, 0.2) is 29.6 Å². The zero-order chi connectivity index (χ0) is 15.2. The van der Waals surface area contributed by atoms with Crippen molar-refractivity contribution in [1.29, 1.82) is 0 Å². The number of hydrogen-bond donors (Lipinski definition) is 2. The number of carbonyl (C=O) groups is 1.